The second-order valence-electron chi connectivity index (χ2n) is 6.34. The van der Waals surface area contributed by atoms with Crippen LogP contribution in [0.4, 0.5) is 0 Å². The van der Waals surface area contributed by atoms with E-state index in [1.807, 2.05) is 0 Å². The molecule has 4 unspecified atom stereocenters. The maximum absolute atomic E-state index is 2.55. The molecular formula is C12H16. The van der Waals surface area contributed by atoms with Crippen molar-refractivity contribution in [2.45, 2.75) is 13.8 Å². The first-order valence-corrected chi connectivity index (χ1v) is 5.82. The molecule has 0 aromatic heterocycles. The van der Waals surface area contributed by atoms with Crippen LogP contribution < -0.4 is 0 Å². The molecule has 12 heavy (non-hydrogen) atoms. The van der Waals surface area contributed by atoms with Crippen LogP contribution >= 0.6 is 0 Å². The van der Waals surface area contributed by atoms with E-state index in [9.17, 15) is 0 Å². The summed E-state index contributed by atoms with van der Waals surface area (Å²) >= 11 is 0. The second-order valence-corrected chi connectivity index (χ2v) is 6.34. The van der Waals surface area contributed by atoms with Gasteiger partial charge in [-0.1, -0.05) is 13.8 Å². The zero-order valence-corrected chi connectivity index (χ0v) is 7.77. The first-order chi connectivity index (χ1) is 5.82. The van der Waals surface area contributed by atoms with E-state index in [0.29, 0.717) is 0 Å². The van der Waals surface area contributed by atoms with Crippen molar-refractivity contribution in [3.8, 4) is 0 Å². The first kappa shape index (κ1) is 5.67. The topological polar surface area (TPSA) is 0 Å². The lowest BCUT2D eigenvalue weighted by Crippen LogP contribution is -2.41. The molecule has 0 spiro atoms. The number of fused-ring (bicyclic) bond motifs is 1. The third-order valence-corrected chi connectivity index (χ3v) is 6.65. The molecule has 2 bridgehead atoms. The Morgan fingerprint density at radius 3 is 1.00 bits per heavy atom. The molecule has 6 aliphatic rings. The lowest BCUT2D eigenvalue weighted by Gasteiger charge is -2.45. The van der Waals surface area contributed by atoms with Crippen LogP contribution in [-0.4, -0.2) is 0 Å². The molecule has 64 valence electrons. The number of hydrogen-bond acceptors (Lipinski definition) is 0. The van der Waals surface area contributed by atoms with Crippen LogP contribution in [0.25, 0.3) is 0 Å². The highest BCUT2D eigenvalue weighted by molar-refractivity contribution is 5.36. The minimum Gasteiger partial charge on any atom is -0.0620 e. The molecule has 0 amide bonds. The maximum Gasteiger partial charge on any atom is -0.0312 e. The van der Waals surface area contributed by atoms with Gasteiger partial charge in [0.15, 0.2) is 0 Å². The summed E-state index contributed by atoms with van der Waals surface area (Å²) in [5, 5.41) is 0. The van der Waals surface area contributed by atoms with Gasteiger partial charge < -0.3 is 0 Å². The van der Waals surface area contributed by atoms with Gasteiger partial charge in [-0.2, -0.15) is 0 Å². The van der Waals surface area contributed by atoms with Gasteiger partial charge in [0.1, 0.15) is 0 Å². The molecule has 0 heterocycles. The minimum atomic E-state index is 1.09. The third-order valence-electron chi connectivity index (χ3n) is 6.65. The highest BCUT2D eigenvalue weighted by Crippen LogP contribution is 2.93. The van der Waals surface area contributed by atoms with Gasteiger partial charge in [-0.05, 0) is 59.2 Å². The molecule has 0 aliphatic heterocycles. The van der Waals surface area contributed by atoms with Crippen molar-refractivity contribution in [3.63, 3.8) is 0 Å². The average Bonchev–Trinajstić information content (AvgIpc) is 2.88. The van der Waals surface area contributed by atoms with Gasteiger partial charge in [0, 0.05) is 0 Å². The summed E-state index contributed by atoms with van der Waals surface area (Å²) in [6.45, 7) is 5.09. The van der Waals surface area contributed by atoms with Crippen LogP contribution in [0.15, 0.2) is 0 Å². The summed E-state index contributed by atoms with van der Waals surface area (Å²) in [6, 6.07) is 0. The van der Waals surface area contributed by atoms with Crippen molar-refractivity contribution >= 4 is 0 Å². The van der Waals surface area contributed by atoms with Crippen LogP contribution in [0.5, 0.6) is 0 Å². The van der Waals surface area contributed by atoms with Crippen molar-refractivity contribution in [1.82, 2.24) is 0 Å². The zero-order valence-electron chi connectivity index (χ0n) is 7.77. The number of hydrogen-bond donors (Lipinski definition) is 0. The van der Waals surface area contributed by atoms with Crippen molar-refractivity contribution in [3.05, 3.63) is 0 Å². The van der Waals surface area contributed by atoms with Gasteiger partial charge >= 0.3 is 0 Å². The van der Waals surface area contributed by atoms with Gasteiger partial charge in [-0.25, -0.2) is 0 Å². The fourth-order valence-electron chi connectivity index (χ4n) is 6.47. The molecule has 0 heteroatoms. The average molecular weight is 160 g/mol. The van der Waals surface area contributed by atoms with Gasteiger partial charge in [-0.3, -0.25) is 0 Å². The van der Waals surface area contributed by atoms with Crippen LogP contribution in [0.1, 0.15) is 13.8 Å². The van der Waals surface area contributed by atoms with E-state index in [0.717, 1.165) is 11.8 Å². The molecule has 10 atom stereocenters. The van der Waals surface area contributed by atoms with E-state index in [4.69, 9.17) is 0 Å². The van der Waals surface area contributed by atoms with Crippen LogP contribution in [0.3, 0.4) is 0 Å². The van der Waals surface area contributed by atoms with E-state index < -0.39 is 0 Å². The summed E-state index contributed by atoms with van der Waals surface area (Å²) in [6.07, 6.45) is 0. The Morgan fingerprint density at radius 1 is 0.417 bits per heavy atom. The van der Waals surface area contributed by atoms with Crippen LogP contribution in [0.2, 0.25) is 0 Å². The molecule has 6 rings (SSSR count). The van der Waals surface area contributed by atoms with E-state index in [2.05, 4.69) is 13.8 Å². The molecule has 6 fully saturated rings. The molecule has 0 nitrogen and oxygen atoms in total. The van der Waals surface area contributed by atoms with Gasteiger partial charge in [-0.15, -0.1) is 0 Å². The molecule has 0 N–H and O–H groups in total. The standard InChI is InChI=1S/C12H16/c1-3-4(2)6-9-7-5(3)8-10(6)12(8)11(7)9/h3-12H,1-2H3/t3-,4-,5?,6?,7-,8-,9-,10+,11?,12?/m1/s1. The highest BCUT2D eigenvalue weighted by Gasteiger charge is 2.89. The molecule has 0 radical (unpaired) electrons. The van der Waals surface area contributed by atoms with Crippen molar-refractivity contribution in [1.29, 1.82) is 0 Å². The summed E-state index contributed by atoms with van der Waals surface area (Å²) < 4.78 is 0. The summed E-state index contributed by atoms with van der Waals surface area (Å²) in [4.78, 5) is 0. The lowest BCUT2D eigenvalue weighted by atomic mass is 9.60. The zero-order chi connectivity index (χ0) is 7.77. The van der Waals surface area contributed by atoms with Gasteiger partial charge in [0.25, 0.3) is 0 Å². The van der Waals surface area contributed by atoms with Gasteiger partial charge in [0.05, 0.1) is 0 Å². The van der Waals surface area contributed by atoms with Crippen molar-refractivity contribution in [2.24, 2.45) is 59.2 Å². The van der Waals surface area contributed by atoms with E-state index in [-0.39, 0.29) is 0 Å². The number of rotatable bonds is 0. The van der Waals surface area contributed by atoms with E-state index in [1.165, 1.54) is 47.3 Å². The normalized spacial score (nSPS) is 90.5. The summed E-state index contributed by atoms with van der Waals surface area (Å²) in [5.41, 5.74) is 0. The van der Waals surface area contributed by atoms with Gasteiger partial charge in [0.2, 0.25) is 0 Å². The highest BCUT2D eigenvalue weighted by atomic mass is 14.9. The maximum atomic E-state index is 2.55. The Balaban J connectivity index is 1.79. The van der Waals surface area contributed by atoms with E-state index >= 15 is 0 Å². The SMILES string of the molecule is C[C@H]1C2[C@H]3C4C5[C@H]2[C@@H]5C([C@@H]43)[C@@H]1C. The van der Waals surface area contributed by atoms with Crippen LogP contribution in [0, 0.1) is 59.2 Å². The van der Waals surface area contributed by atoms with Crippen molar-refractivity contribution in [2.75, 3.05) is 0 Å². The Bertz CT molecular complexity index is 244. The summed E-state index contributed by atoms with van der Waals surface area (Å²) in [5.74, 6) is 12.2. The first-order valence-electron chi connectivity index (χ1n) is 5.82. The lowest BCUT2D eigenvalue weighted by molar-refractivity contribution is 0.0239. The molecular weight excluding hydrogens is 144 g/mol. The predicted molar refractivity (Wildman–Crippen MR) is 46.2 cm³/mol. The monoisotopic (exact) mass is 160 g/mol. The Labute approximate surface area is 73.7 Å². The fourth-order valence-corrected chi connectivity index (χ4v) is 6.47. The second kappa shape index (κ2) is 1.22. The molecule has 0 aromatic rings. The fraction of sp³-hybridized carbons (Fsp3) is 1.00. The molecule has 0 saturated heterocycles. The third kappa shape index (κ3) is 0.300. The minimum absolute atomic E-state index is 1.09. The molecule has 0 aromatic carbocycles. The van der Waals surface area contributed by atoms with E-state index in [1.54, 1.807) is 0 Å². The predicted octanol–water partition coefficient (Wildman–Crippen LogP) is 2.26. The Morgan fingerprint density at radius 2 is 0.667 bits per heavy atom. The quantitative estimate of drug-likeness (QED) is 0.510. The van der Waals surface area contributed by atoms with Crippen LogP contribution in [-0.2, 0) is 0 Å². The largest absolute Gasteiger partial charge is 0.0620 e. The van der Waals surface area contributed by atoms with Crippen molar-refractivity contribution < 1.29 is 0 Å². The molecule has 6 saturated carbocycles. The Hall–Kier alpha value is 0. The summed E-state index contributed by atoms with van der Waals surface area (Å²) in [7, 11) is 0. The Kier molecular flexibility index (Phi) is 0.578. The smallest absolute Gasteiger partial charge is 0.0312 e. The molecule has 6 aliphatic carbocycles.